The summed E-state index contributed by atoms with van der Waals surface area (Å²) in [6.07, 6.45) is 3.18. The third-order valence-electron chi connectivity index (χ3n) is 4.46. The minimum Gasteiger partial charge on any atom is -0.314 e. The molecule has 108 valence electrons. The Labute approximate surface area is 121 Å². The van der Waals surface area contributed by atoms with Crippen molar-refractivity contribution in [3.8, 4) is 0 Å². The number of nitrogens with zero attached hydrogens (tertiary/aromatic N) is 2. The molecule has 2 unspecified atom stereocenters. The average molecular weight is 284 g/mol. The summed E-state index contributed by atoms with van der Waals surface area (Å²) in [6.45, 7) is 9.98. The summed E-state index contributed by atoms with van der Waals surface area (Å²) >= 11 is 6.46. The molecule has 0 bridgehead atoms. The van der Waals surface area contributed by atoms with Crippen molar-refractivity contribution in [1.82, 2.24) is 15.1 Å². The van der Waals surface area contributed by atoms with Gasteiger partial charge in [0.25, 0.3) is 0 Å². The Morgan fingerprint density at radius 2 is 2.11 bits per heavy atom. The van der Waals surface area contributed by atoms with E-state index in [1.165, 1.54) is 12.1 Å². The summed E-state index contributed by atoms with van der Waals surface area (Å²) < 4.78 is 1.96. The van der Waals surface area contributed by atoms with Crippen molar-refractivity contribution in [3.63, 3.8) is 0 Å². The van der Waals surface area contributed by atoms with Crippen molar-refractivity contribution in [2.45, 2.75) is 53.0 Å². The van der Waals surface area contributed by atoms with E-state index in [2.05, 4.69) is 38.1 Å². The van der Waals surface area contributed by atoms with Crippen LogP contribution >= 0.6 is 11.6 Å². The Hall–Kier alpha value is -0.540. The second-order valence-corrected chi connectivity index (χ2v) is 6.73. The Kier molecular flexibility index (Phi) is 4.26. The molecule has 1 aliphatic carbocycles. The highest BCUT2D eigenvalue weighted by Gasteiger charge is 2.49. The van der Waals surface area contributed by atoms with Gasteiger partial charge < -0.3 is 5.32 Å². The van der Waals surface area contributed by atoms with Gasteiger partial charge in [0.2, 0.25) is 0 Å². The van der Waals surface area contributed by atoms with Crippen LogP contribution in [0.1, 0.15) is 45.5 Å². The van der Waals surface area contributed by atoms with E-state index in [4.69, 9.17) is 11.6 Å². The van der Waals surface area contributed by atoms with Gasteiger partial charge in [0.1, 0.15) is 0 Å². The lowest BCUT2D eigenvalue weighted by Gasteiger charge is -2.20. The molecule has 1 aromatic heterocycles. The van der Waals surface area contributed by atoms with Crippen LogP contribution in [0.3, 0.4) is 0 Å². The highest BCUT2D eigenvalue weighted by Crippen LogP contribution is 2.54. The van der Waals surface area contributed by atoms with E-state index in [0.717, 1.165) is 36.0 Å². The number of aryl methyl sites for hydroxylation is 2. The fourth-order valence-corrected chi connectivity index (χ4v) is 3.43. The molecule has 0 aliphatic heterocycles. The first-order valence-corrected chi connectivity index (χ1v) is 7.72. The van der Waals surface area contributed by atoms with Gasteiger partial charge in [-0.2, -0.15) is 5.10 Å². The van der Waals surface area contributed by atoms with Gasteiger partial charge in [0.15, 0.2) is 0 Å². The number of hydrogen-bond donors (Lipinski definition) is 1. The predicted molar refractivity (Wildman–Crippen MR) is 80.7 cm³/mol. The maximum absolute atomic E-state index is 6.46. The average Bonchev–Trinajstić information content (AvgIpc) is 2.90. The molecule has 4 heteroatoms. The second-order valence-electron chi connectivity index (χ2n) is 6.35. The Balaban J connectivity index is 2.16. The molecule has 0 radical (unpaired) electrons. The molecule has 0 spiro atoms. The lowest BCUT2D eigenvalue weighted by Crippen LogP contribution is -2.35. The molecule has 1 N–H and O–H groups in total. The lowest BCUT2D eigenvalue weighted by atomic mass is 9.99. The van der Waals surface area contributed by atoms with Crippen molar-refractivity contribution in [2.24, 2.45) is 18.4 Å². The van der Waals surface area contributed by atoms with E-state index >= 15 is 0 Å². The molecule has 1 heterocycles. The summed E-state index contributed by atoms with van der Waals surface area (Å²) in [5.41, 5.74) is 2.67. The normalized spacial score (nSPS) is 22.5. The van der Waals surface area contributed by atoms with Crippen molar-refractivity contribution >= 4 is 11.6 Å². The summed E-state index contributed by atoms with van der Waals surface area (Å²) in [7, 11) is 2.00. The summed E-state index contributed by atoms with van der Waals surface area (Å²) in [5.74, 6) is 0.753. The van der Waals surface area contributed by atoms with Crippen molar-refractivity contribution in [3.05, 3.63) is 16.4 Å². The summed E-state index contributed by atoms with van der Waals surface area (Å²) in [4.78, 5) is 0. The van der Waals surface area contributed by atoms with E-state index in [1.807, 2.05) is 11.7 Å². The number of halogens is 1. The van der Waals surface area contributed by atoms with Gasteiger partial charge in [0.05, 0.1) is 16.4 Å². The first kappa shape index (κ1) is 14.9. The smallest absolute Gasteiger partial charge is 0.0850 e. The molecule has 0 saturated heterocycles. The molecule has 0 amide bonds. The monoisotopic (exact) mass is 283 g/mol. The van der Waals surface area contributed by atoms with Crippen LogP contribution in [0.4, 0.5) is 0 Å². The fourth-order valence-electron chi connectivity index (χ4n) is 3.06. The quantitative estimate of drug-likeness (QED) is 0.869. The van der Waals surface area contributed by atoms with Crippen LogP contribution in [0.5, 0.6) is 0 Å². The number of nitrogens with one attached hydrogen (secondary N) is 1. The third kappa shape index (κ3) is 2.97. The van der Waals surface area contributed by atoms with E-state index in [0.29, 0.717) is 11.5 Å². The molecule has 1 aliphatic rings. The molecule has 0 aromatic carbocycles. The molecule has 2 rings (SSSR count). The van der Waals surface area contributed by atoms with Crippen LogP contribution in [0, 0.1) is 11.3 Å². The van der Waals surface area contributed by atoms with Gasteiger partial charge in [-0.25, -0.2) is 0 Å². The third-order valence-corrected chi connectivity index (χ3v) is 4.89. The molecule has 19 heavy (non-hydrogen) atoms. The van der Waals surface area contributed by atoms with Crippen LogP contribution in [0.25, 0.3) is 0 Å². The second kappa shape index (κ2) is 5.45. The van der Waals surface area contributed by atoms with E-state index in [-0.39, 0.29) is 0 Å². The molecular weight excluding hydrogens is 258 g/mol. The first-order valence-electron chi connectivity index (χ1n) is 7.34. The fraction of sp³-hybridized carbons (Fsp3) is 0.800. The highest BCUT2D eigenvalue weighted by molar-refractivity contribution is 6.31. The zero-order valence-electron chi connectivity index (χ0n) is 12.8. The van der Waals surface area contributed by atoms with Gasteiger partial charge in [0, 0.05) is 19.5 Å². The number of hydrogen-bond acceptors (Lipinski definition) is 2. The van der Waals surface area contributed by atoms with Gasteiger partial charge in [-0.15, -0.1) is 0 Å². The van der Waals surface area contributed by atoms with Gasteiger partial charge in [-0.1, -0.05) is 39.3 Å². The van der Waals surface area contributed by atoms with Gasteiger partial charge in [-0.05, 0) is 30.7 Å². The molecule has 1 fully saturated rings. The maximum atomic E-state index is 6.46. The standard InChI is InChI=1S/C15H26ClN3/c1-6-11-14(16)13(19(5)18-11)8-12(17-7-2)10-9-15(10,3)4/h10,12,17H,6-9H2,1-5H3. The van der Waals surface area contributed by atoms with Crippen LogP contribution in [-0.4, -0.2) is 22.4 Å². The zero-order chi connectivity index (χ0) is 14.2. The zero-order valence-corrected chi connectivity index (χ0v) is 13.5. The predicted octanol–water partition coefficient (Wildman–Crippen LogP) is 3.20. The Morgan fingerprint density at radius 3 is 2.53 bits per heavy atom. The van der Waals surface area contributed by atoms with Crippen LogP contribution in [-0.2, 0) is 19.9 Å². The molecule has 2 atom stereocenters. The minimum atomic E-state index is 0.478. The van der Waals surface area contributed by atoms with Crippen molar-refractivity contribution in [2.75, 3.05) is 6.54 Å². The number of likely N-dealkylation sites (N-methyl/N-ethyl adjacent to an activating group) is 1. The van der Waals surface area contributed by atoms with E-state index in [9.17, 15) is 0 Å². The van der Waals surface area contributed by atoms with Crippen LogP contribution < -0.4 is 5.32 Å². The lowest BCUT2D eigenvalue weighted by molar-refractivity contribution is 0.402. The van der Waals surface area contributed by atoms with Gasteiger partial charge in [-0.3, -0.25) is 4.68 Å². The molecule has 1 saturated carbocycles. The molecular formula is C15H26ClN3. The SMILES string of the molecule is CCNC(Cc1c(Cl)c(CC)nn1C)C1CC1(C)C. The molecule has 1 aromatic rings. The van der Waals surface area contributed by atoms with Crippen LogP contribution in [0.15, 0.2) is 0 Å². The number of aromatic nitrogens is 2. The van der Waals surface area contributed by atoms with Gasteiger partial charge >= 0.3 is 0 Å². The topological polar surface area (TPSA) is 29.9 Å². The molecule has 3 nitrogen and oxygen atoms in total. The van der Waals surface area contributed by atoms with E-state index in [1.54, 1.807) is 0 Å². The van der Waals surface area contributed by atoms with Crippen LogP contribution in [0.2, 0.25) is 5.02 Å². The first-order chi connectivity index (χ1) is 8.90. The highest BCUT2D eigenvalue weighted by atomic mass is 35.5. The number of rotatable bonds is 6. The van der Waals surface area contributed by atoms with Crippen molar-refractivity contribution < 1.29 is 0 Å². The van der Waals surface area contributed by atoms with E-state index < -0.39 is 0 Å². The maximum Gasteiger partial charge on any atom is 0.0850 e. The Bertz CT molecular complexity index is 450. The summed E-state index contributed by atoms with van der Waals surface area (Å²) in [5, 5.41) is 9.01. The van der Waals surface area contributed by atoms with Crippen molar-refractivity contribution in [1.29, 1.82) is 0 Å². The largest absolute Gasteiger partial charge is 0.314 e. The Morgan fingerprint density at radius 1 is 1.47 bits per heavy atom. The minimum absolute atomic E-state index is 0.478. The summed E-state index contributed by atoms with van der Waals surface area (Å²) in [6, 6.07) is 0.512.